The second-order valence-electron chi connectivity index (χ2n) is 1.36. The summed E-state index contributed by atoms with van der Waals surface area (Å²) in [6, 6.07) is 0. The lowest BCUT2D eigenvalue weighted by Gasteiger charge is -1.54. The molecule has 1 N–H and O–H groups in total. The summed E-state index contributed by atoms with van der Waals surface area (Å²) in [4.78, 5) is 22.5. The van der Waals surface area contributed by atoms with Gasteiger partial charge in [0.25, 0.3) is 0 Å². The van der Waals surface area contributed by atoms with Gasteiger partial charge in [-0.25, -0.2) is 14.2 Å². The maximum atomic E-state index is 10.3. The lowest BCUT2D eigenvalue weighted by atomic mass is 11.2. The second kappa shape index (κ2) is 0.726. The summed E-state index contributed by atoms with van der Waals surface area (Å²) in [5.41, 5.74) is -1.06. The molecule has 0 aliphatic rings. The van der Waals surface area contributed by atoms with Crippen LogP contribution in [-0.2, 0) is 0 Å². The number of aromatic nitrogens is 3. The first-order valence-corrected chi connectivity index (χ1v) is 1.92. The van der Waals surface area contributed by atoms with Gasteiger partial charge in [-0.3, -0.25) is 4.98 Å². The standard InChI is InChI=1S/C2HN3O3/c6-1-3-2(7)5-4(1)8-5/h(H,3,6,7). The Bertz CT molecular complexity index is 351. The van der Waals surface area contributed by atoms with Crippen molar-refractivity contribution >= 4 is 0 Å². The van der Waals surface area contributed by atoms with Crippen molar-refractivity contribution in [3.05, 3.63) is 21.0 Å². The van der Waals surface area contributed by atoms with Crippen LogP contribution in [0.15, 0.2) is 14.2 Å². The van der Waals surface area contributed by atoms with Gasteiger partial charge < -0.3 is 0 Å². The molecule has 0 bridgehead atoms. The molecule has 0 aliphatic carbocycles. The van der Waals surface area contributed by atoms with E-state index in [0.717, 1.165) is 9.38 Å². The molecular weight excluding hydrogens is 114 g/mol. The van der Waals surface area contributed by atoms with E-state index in [0.29, 0.717) is 0 Å². The predicted molar refractivity (Wildman–Crippen MR) is 21.2 cm³/mol. The molecule has 2 aromatic heterocycles. The molecule has 2 heterocycles. The van der Waals surface area contributed by atoms with E-state index in [1.54, 1.807) is 0 Å². The zero-order valence-electron chi connectivity index (χ0n) is 3.62. The molecule has 6 nitrogen and oxygen atoms in total. The Labute approximate surface area is 41.2 Å². The number of hydrogen-bond acceptors (Lipinski definition) is 3. The van der Waals surface area contributed by atoms with E-state index in [1.165, 1.54) is 0 Å². The first-order chi connectivity index (χ1) is 3.79. The Morgan fingerprint density at radius 2 is 1.75 bits per heavy atom. The van der Waals surface area contributed by atoms with Gasteiger partial charge in [0.2, 0.25) is 0 Å². The van der Waals surface area contributed by atoms with Crippen molar-refractivity contribution in [3.8, 4) is 0 Å². The number of hydrogen-bond donors (Lipinski definition) is 1. The van der Waals surface area contributed by atoms with Crippen molar-refractivity contribution in [2.45, 2.75) is 0 Å². The Kier molecular flexibility index (Phi) is 0.320. The minimum absolute atomic E-state index is 0.532. The fraction of sp³-hybridized carbons (Fsp3) is 0. The molecule has 0 saturated carbocycles. The Balaban J connectivity index is 3.29. The van der Waals surface area contributed by atoms with E-state index in [-0.39, 0.29) is 0 Å². The molecule has 8 heavy (non-hydrogen) atoms. The molecule has 2 rings (SSSR count). The van der Waals surface area contributed by atoms with Gasteiger partial charge in [-0.15, -0.1) is 0 Å². The molecule has 0 saturated heterocycles. The molecule has 0 unspecified atom stereocenters. The van der Waals surface area contributed by atoms with E-state index in [1.807, 2.05) is 4.98 Å². The average Bonchev–Trinajstić information content (AvgIpc) is 2.35. The van der Waals surface area contributed by atoms with Crippen molar-refractivity contribution < 1.29 is 4.63 Å². The van der Waals surface area contributed by atoms with Crippen LogP contribution in [0.25, 0.3) is 0 Å². The van der Waals surface area contributed by atoms with Crippen LogP contribution in [0.3, 0.4) is 0 Å². The van der Waals surface area contributed by atoms with Gasteiger partial charge in [-0.2, -0.15) is 0 Å². The predicted octanol–water partition coefficient (Wildman–Crippen LogP) is -1.88. The first kappa shape index (κ1) is 3.53. The van der Waals surface area contributed by atoms with Crippen molar-refractivity contribution in [1.29, 1.82) is 0 Å². The Morgan fingerprint density at radius 1 is 1.25 bits per heavy atom. The van der Waals surface area contributed by atoms with Crippen molar-refractivity contribution in [2.75, 3.05) is 0 Å². The molecule has 2 aromatic rings. The lowest BCUT2D eigenvalue weighted by molar-refractivity contribution is 0.465. The highest BCUT2D eigenvalue weighted by Crippen LogP contribution is 1.75. The van der Waals surface area contributed by atoms with Gasteiger partial charge in [-0.1, -0.05) is 0 Å². The second-order valence-corrected chi connectivity index (χ2v) is 1.36. The number of fused-ring (bicyclic) bond motifs is 1. The highest BCUT2D eigenvalue weighted by Gasteiger charge is 2.11. The minimum Gasteiger partial charge on any atom is -0.251 e. The highest BCUT2D eigenvalue weighted by molar-refractivity contribution is 4.60. The quantitative estimate of drug-likeness (QED) is 0.436. The van der Waals surface area contributed by atoms with Gasteiger partial charge >= 0.3 is 11.4 Å². The van der Waals surface area contributed by atoms with Crippen molar-refractivity contribution in [2.24, 2.45) is 0 Å². The lowest BCUT2D eigenvalue weighted by Crippen LogP contribution is -2.11. The van der Waals surface area contributed by atoms with Gasteiger partial charge in [0.1, 0.15) is 0 Å². The summed E-state index contributed by atoms with van der Waals surface area (Å²) in [6.07, 6.45) is 0. The molecule has 42 valence electrons. The third kappa shape index (κ3) is 0.208. The monoisotopic (exact) mass is 115 g/mol. The van der Waals surface area contributed by atoms with Crippen LogP contribution in [-0.4, -0.2) is 14.4 Å². The van der Waals surface area contributed by atoms with Crippen LogP contribution in [0, 0.1) is 0 Å². The molecule has 0 fully saturated rings. The average molecular weight is 115 g/mol. The van der Waals surface area contributed by atoms with Crippen LogP contribution < -0.4 is 11.4 Å². The zero-order chi connectivity index (χ0) is 5.72. The van der Waals surface area contributed by atoms with Crippen LogP contribution in [0.1, 0.15) is 0 Å². The third-order valence-electron chi connectivity index (χ3n) is 0.856. The molecule has 0 atom stereocenters. The maximum Gasteiger partial charge on any atom is 0.384 e. The van der Waals surface area contributed by atoms with Crippen LogP contribution in [0.5, 0.6) is 0 Å². The van der Waals surface area contributed by atoms with E-state index >= 15 is 0 Å². The number of aromatic amines is 1. The van der Waals surface area contributed by atoms with Gasteiger partial charge in [-0.05, 0) is 0 Å². The van der Waals surface area contributed by atoms with Crippen molar-refractivity contribution in [3.63, 3.8) is 0 Å². The van der Waals surface area contributed by atoms with Crippen LogP contribution in [0.4, 0.5) is 0 Å². The zero-order valence-corrected chi connectivity index (χ0v) is 3.62. The largest absolute Gasteiger partial charge is 0.384 e. The van der Waals surface area contributed by atoms with Crippen molar-refractivity contribution in [1.82, 2.24) is 14.4 Å². The molecule has 0 amide bonds. The van der Waals surface area contributed by atoms with Crippen LogP contribution in [0.2, 0.25) is 0 Å². The Morgan fingerprint density at radius 3 is 1.88 bits per heavy atom. The first-order valence-electron chi connectivity index (χ1n) is 1.92. The SMILES string of the molecule is O=c1[nH]c(=O)n2on12. The van der Waals surface area contributed by atoms with Crippen LogP contribution >= 0.6 is 0 Å². The highest BCUT2D eigenvalue weighted by atomic mass is 16.8. The van der Waals surface area contributed by atoms with E-state index in [4.69, 9.17) is 0 Å². The molecule has 0 aliphatic heterocycles. The maximum absolute atomic E-state index is 10.3. The summed E-state index contributed by atoms with van der Waals surface area (Å²) in [5, 5.41) is 0. The third-order valence-corrected chi connectivity index (χ3v) is 0.856. The minimum atomic E-state index is -0.532. The number of nitrogens with zero attached hydrogens (tertiary/aromatic N) is 2. The summed E-state index contributed by atoms with van der Waals surface area (Å²) < 4.78 is 5.93. The Hall–Kier alpha value is -1.46. The number of H-pyrrole nitrogens is 1. The topological polar surface area (TPSA) is 71.9 Å². The fourth-order valence-corrected chi connectivity index (χ4v) is 0.483. The fourth-order valence-electron chi connectivity index (χ4n) is 0.483. The summed E-state index contributed by atoms with van der Waals surface area (Å²) in [6.45, 7) is 0. The van der Waals surface area contributed by atoms with Gasteiger partial charge in [0.15, 0.2) is 0 Å². The van der Waals surface area contributed by atoms with E-state index < -0.39 is 11.4 Å². The summed E-state index contributed by atoms with van der Waals surface area (Å²) in [5.74, 6) is 0. The molecule has 0 radical (unpaired) electrons. The molecule has 0 spiro atoms. The molecule has 0 aromatic carbocycles. The summed E-state index contributed by atoms with van der Waals surface area (Å²) >= 11 is 0. The van der Waals surface area contributed by atoms with Gasteiger partial charge in [0.05, 0.1) is 0 Å². The number of rotatable bonds is 0. The molecule has 6 heteroatoms. The number of nitrogens with one attached hydrogen (secondary N) is 1. The normalized spacial score (nSPS) is 11.5. The molecular formula is C2HN3O3. The van der Waals surface area contributed by atoms with E-state index in [9.17, 15) is 9.59 Å². The summed E-state index contributed by atoms with van der Waals surface area (Å²) in [7, 11) is 0. The van der Waals surface area contributed by atoms with Gasteiger partial charge in [0, 0.05) is 9.38 Å². The van der Waals surface area contributed by atoms with E-state index in [2.05, 4.69) is 4.63 Å². The smallest absolute Gasteiger partial charge is 0.251 e.